The van der Waals surface area contributed by atoms with Gasteiger partial charge in [-0.3, -0.25) is 0 Å². The van der Waals surface area contributed by atoms with Crippen molar-refractivity contribution < 1.29 is 9.26 Å². The Bertz CT molecular complexity index is 537. The first-order chi connectivity index (χ1) is 9.67. The zero-order valence-corrected chi connectivity index (χ0v) is 12.0. The van der Waals surface area contributed by atoms with E-state index in [1.165, 1.54) is 0 Å². The third-order valence-corrected chi connectivity index (χ3v) is 3.06. The van der Waals surface area contributed by atoms with Crippen molar-refractivity contribution in [1.29, 1.82) is 0 Å². The Morgan fingerprint density at radius 3 is 3.00 bits per heavy atom. The highest BCUT2D eigenvalue weighted by Crippen LogP contribution is 2.15. The average Bonchev–Trinajstić information content (AvgIpc) is 2.86. The molecule has 0 fully saturated rings. The Kier molecular flexibility index (Phi) is 5.12. The summed E-state index contributed by atoms with van der Waals surface area (Å²) < 4.78 is 10.4. The minimum atomic E-state index is 0.217. The van der Waals surface area contributed by atoms with Gasteiger partial charge in [0.1, 0.15) is 5.75 Å². The summed E-state index contributed by atoms with van der Waals surface area (Å²) in [4.78, 5) is 4.40. The van der Waals surface area contributed by atoms with Gasteiger partial charge in [-0.25, -0.2) is 0 Å². The quantitative estimate of drug-likeness (QED) is 0.839. The molecule has 1 unspecified atom stereocenters. The van der Waals surface area contributed by atoms with Gasteiger partial charge in [0.05, 0.1) is 7.11 Å². The molecule has 1 aromatic carbocycles. The second-order valence-electron chi connectivity index (χ2n) is 5.00. The minimum absolute atomic E-state index is 0.217. The van der Waals surface area contributed by atoms with E-state index in [-0.39, 0.29) is 6.04 Å². The standard InChI is InChI=1S/C15H21N3O2/c1-11(16)5-3-8-15-17-14(18-20-15)10-12-6-4-7-13(9-12)19-2/h4,6-7,9,11H,3,5,8,10,16H2,1-2H3. The fraction of sp³-hybridized carbons (Fsp3) is 0.467. The fourth-order valence-electron chi connectivity index (χ4n) is 2.00. The molecule has 20 heavy (non-hydrogen) atoms. The number of nitrogens with zero attached hydrogens (tertiary/aromatic N) is 2. The van der Waals surface area contributed by atoms with Crippen LogP contribution < -0.4 is 10.5 Å². The number of methoxy groups -OCH3 is 1. The molecule has 1 heterocycles. The lowest BCUT2D eigenvalue weighted by Gasteiger charge is -2.01. The molecule has 5 nitrogen and oxygen atoms in total. The van der Waals surface area contributed by atoms with E-state index in [1.807, 2.05) is 31.2 Å². The van der Waals surface area contributed by atoms with E-state index in [0.29, 0.717) is 18.1 Å². The number of nitrogens with two attached hydrogens (primary N) is 1. The molecule has 0 saturated heterocycles. The van der Waals surface area contributed by atoms with Crippen LogP contribution in [-0.2, 0) is 12.8 Å². The second-order valence-corrected chi connectivity index (χ2v) is 5.00. The van der Waals surface area contributed by atoms with Crippen LogP contribution >= 0.6 is 0 Å². The maximum Gasteiger partial charge on any atom is 0.226 e. The van der Waals surface area contributed by atoms with E-state index in [9.17, 15) is 0 Å². The first-order valence-corrected chi connectivity index (χ1v) is 6.87. The van der Waals surface area contributed by atoms with Crippen molar-refractivity contribution in [3.05, 3.63) is 41.5 Å². The molecule has 0 amide bonds. The van der Waals surface area contributed by atoms with Crippen LogP contribution in [-0.4, -0.2) is 23.3 Å². The molecular formula is C15H21N3O2. The van der Waals surface area contributed by atoms with Crippen molar-refractivity contribution in [3.8, 4) is 5.75 Å². The van der Waals surface area contributed by atoms with Crippen molar-refractivity contribution in [2.45, 2.75) is 38.6 Å². The van der Waals surface area contributed by atoms with Gasteiger partial charge in [0.25, 0.3) is 0 Å². The van der Waals surface area contributed by atoms with Gasteiger partial charge in [0, 0.05) is 18.9 Å². The Balaban J connectivity index is 1.91. The Morgan fingerprint density at radius 2 is 2.25 bits per heavy atom. The van der Waals surface area contributed by atoms with Crippen LogP contribution in [0.25, 0.3) is 0 Å². The van der Waals surface area contributed by atoms with Crippen LogP contribution in [0.3, 0.4) is 0 Å². The van der Waals surface area contributed by atoms with Crippen molar-refractivity contribution >= 4 is 0 Å². The van der Waals surface area contributed by atoms with Gasteiger partial charge in [-0.05, 0) is 37.5 Å². The topological polar surface area (TPSA) is 74.2 Å². The third kappa shape index (κ3) is 4.35. The molecule has 0 radical (unpaired) electrons. The minimum Gasteiger partial charge on any atom is -0.497 e. The molecule has 0 bridgehead atoms. The third-order valence-electron chi connectivity index (χ3n) is 3.06. The smallest absolute Gasteiger partial charge is 0.226 e. The summed E-state index contributed by atoms with van der Waals surface area (Å²) in [6.07, 6.45) is 3.37. The van der Waals surface area contributed by atoms with Crippen molar-refractivity contribution in [1.82, 2.24) is 10.1 Å². The van der Waals surface area contributed by atoms with Crippen LogP contribution in [0.5, 0.6) is 5.75 Å². The largest absolute Gasteiger partial charge is 0.497 e. The average molecular weight is 275 g/mol. The van der Waals surface area contributed by atoms with Gasteiger partial charge >= 0.3 is 0 Å². The molecule has 0 aliphatic heterocycles. The molecule has 0 saturated carbocycles. The SMILES string of the molecule is COc1cccc(Cc2noc(CCCC(C)N)n2)c1. The molecule has 2 N–H and O–H groups in total. The first kappa shape index (κ1) is 14.5. The summed E-state index contributed by atoms with van der Waals surface area (Å²) in [6.45, 7) is 2.00. The Labute approximate surface area is 119 Å². The van der Waals surface area contributed by atoms with Gasteiger partial charge in [-0.15, -0.1) is 0 Å². The highest BCUT2D eigenvalue weighted by Gasteiger charge is 2.08. The summed E-state index contributed by atoms with van der Waals surface area (Å²) >= 11 is 0. The van der Waals surface area contributed by atoms with Crippen LogP contribution in [0.2, 0.25) is 0 Å². The highest BCUT2D eigenvalue weighted by atomic mass is 16.5. The van der Waals surface area contributed by atoms with Crippen LogP contribution in [0.15, 0.2) is 28.8 Å². The van der Waals surface area contributed by atoms with E-state index < -0.39 is 0 Å². The zero-order valence-electron chi connectivity index (χ0n) is 12.0. The molecule has 1 aromatic heterocycles. The predicted octanol–water partition coefficient (Wildman–Crippen LogP) is 2.34. The summed E-state index contributed by atoms with van der Waals surface area (Å²) in [6, 6.07) is 8.09. The number of hydrogen-bond donors (Lipinski definition) is 1. The van der Waals surface area contributed by atoms with E-state index in [2.05, 4.69) is 10.1 Å². The van der Waals surface area contributed by atoms with Gasteiger partial charge in [0.15, 0.2) is 5.82 Å². The lowest BCUT2D eigenvalue weighted by molar-refractivity contribution is 0.368. The second kappa shape index (κ2) is 7.05. The van der Waals surface area contributed by atoms with E-state index in [4.69, 9.17) is 15.0 Å². The van der Waals surface area contributed by atoms with Gasteiger partial charge in [-0.2, -0.15) is 4.98 Å². The highest BCUT2D eigenvalue weighted by molar-refractivity contribution is 5.30. The van der Waals surface area contributed by atoms with E-state index >= 15 is 0 Å². The van der Waals surface area contributed by atoms with Gasteiger partial charge in [-0.1, -0.05) is 17.3 Å². The summed E-state index contributed by atoms with van der Waals surface area (Å²) in [5.74, 6) is 2.22. The van der Waals surface area contributed by atoms with E-state index in [1.54, 1.807) is 7.11 Å². The summed E-state index contributed by atoms with van der Waals surface area (Å²) in [7, 11) is 1.66. The molecule has 1 atom stereocenters. The number of aromatic nitrogens is 2. The number of aryl methyl sites for hydroxylation is 1. The molecule has 108 valence electrons. The van der Waals surface area contributed by atoms with Crippen molar-refractivity contribution in [3.63, 3.8) is 0 Å². The summed E-state index contributed by atoms with van der Waals surface area (Å²) in [5.41, 5.74) is 6.82. The lowest BCUT2D eigenvalue weighted by atomic mass is 10.1. The van der Waals surface area contributed by atoms with Crippen LogP contribution in [0.4, 0.5) is 0 Å². The fourth-order valence-corrected chi connectivity index (χ4v) is 2.00. The number of hydrogen-bond acceptors (Lipinski definition) is 5. The number of rotatable bonds is 7. The Morgan fingerprint density at radius 1 is 1.40 bits per heavy atom. The maximum atomic E-state index is 5.71. The molecule has 2 rings (SSSR count). The molecule has 0 aliphatic rings. The molecule has 0 spiro atoms. The molecule has 2 aromatic rings. The summed E-state index contributed by atoms with van der Waals surface area (Å²) in [5, 5.41) is 4.01. The molecular weight excluding hydrogens is 254 g/mol. The normalized spacial score (nSPS) is 12.3. The first-order valence-electron chi connectivity index (χ1n) is 6.87. The lowest BCUT2D eigenvalue weighted by Crippen LogP contribution is -2.14. The molecule has 5 heteroatoms. The van der Waals surface area contributed by atoms with Gasteiger partial charge in [0.2, 0.25) is 5.89 Å². The predicted molar refractivity (Wildman–Crippen MR) is 76.7 cm³/mol. The van der Waals surface area contributed by atoms with Crippen molar-refractivity contribution in [2.24, 2.45) is 5.73 Å². The zero-order chi connectivity index (χ0) is 14.4. The maximum absolute atomic E-state index is 5.71. The Hall–Kier alpha value is -1.88. The van der Waals surface area contributed by atoms with Crippen LogP contribution in [0, 0.1) is 0 Å². The van der Waals surface area contributed by atoms with E-state index in [0.717, 1.165) is 30.6 Å². The number of benzene rings is 1. The van der Waals surface area contributed by atoms with Crippen LogP contribution in [0.1, 0.15) is 37.0 Å². The van der Waals surface area contributed by atoms with Gasteiger partial charge < -0.3 is 15.0 Å². The van der Waals surface area contributed by atoms with Crippen molar-refractivity contribution in [2.75, 3.05) is 7.11 Å². The molecule has 0 aliphatic carbocycles. The monoisotopic (exact) mass is 275 g/mol. The number of ether oxygens (including phenoxy) is 1.